The van der Waals surface area contributed by atoms with Crippen molar-refractivity contribution >= 4 is 5.91 Å². The monoisotopic (exact) mass is 247 g/mol. The number of nitrogens with zero attached hydrogens (tertiary/aromatic N) is 3. The molecule has 0 aliphatic heterocycles. The normalized spacial score (nSPS) is 10.4. The van der Waals surface area contributed by atoms with E-state index in [0.29, 0.717) is 5.56 Å². The molecule has 0 aliphatic rings. The van der Waals surface area contributed by atoms with E-state index in [9.17, 15) is 9.18 Å². The first-order valence-electron chi connectivity index (χ1n) is 5.53. The van der Waals surface area contributed by atoms with Crippen LogP contribution in [0.2, 0.25) is 0 Å². The first kappa shape index (κ1) is 12.3. The molecule has 0 aliphatic carbocycles. The number of amides is 1. The quantitative estimate of drug-likeness (QED) is 0.814. The SMILES string of the molecule is Cc1c(C(=O)N(C)C)cnn1-c1ccc(F)cc1. The molecule has 1 aromatic carbocycles. The number of aromatic nitrogens is 2. The first-order chi connectivity index (χ1) is 8.50. The Morgan fingerprint density at radius 3 is 2.44 bits per heavy atom. The summed E-state index contributed by atoms with van der Waals surface area (Å²) < 4.78 is 14.5. The van der Waals surface area contributed by atoms with E-state index in [1.54, 1.807) is 30.9 Å². The Hall–Kier alpha value is -2.17. The predicted molar refractivity (Wildman–Crippen MR) is 66.3 cm³/mol. The van der Waals surface area contributed by atoms with Crippen molar-refractivity contribution in [2.75, 3.05) is 14.1 Å². The summed E-state index contributed by atoms with van der Waals surface area (Å²) in [6, 6.07) is 5.98. The molecular weight excluding hydrogens is 233 g/mol. The van der Waals surface area contributed by atoms with Crippen LogP contribution in [0.1, 0.15) is 16.1 Å². The molecule has 1 heterocycles. The largest absolute Gasteiger partial charge is 0.345 e. The number of benzene rings is 1. The standard InChI is InChI=1S/C13H14FN3O/c1-9-12(13(18)16(2)3)8-15-17(9)11-6-4-10(14)5-7-11/h4-8H,1-3H3. The molecular formula is C13H14FN3O. The highest BCUT2D eigenvalue weighted by molar-refractivity contribution is 5.94. The highest BCUT2D eigenvalue weighted by atomic mass is 19.1. The van der Waals surface area contributed by atoms with Crippen LogP contribution in [0, 0.1) is 12.7 Å². The molecule has 18 heavy (non-hydrogen) atoms. The van der Waals surface area contributed by atoms with Crippen LogP contribution in [0.4, 0.5) is 4.39 Å². The van der Waals surface area contributed by atoms with Crippen molar-refractivity contribution < 1.29 is 9.18 Å². The lowest BCUT2D eigenvalue weighted by molar-refractivity contribution is 0.0827. The van der Waals surface area contributed by atoms with E-state index in [1.165, 1.54) is 23.2 Å². The lowest BCUT2D eigenvalue weighted by Crippen LogP contribution is -2.22. The molecule has 2 aromatic rings. The van der Waals surface area contributed by atoms with Crippen molar-refractivity contribution in [3.05, 3.63) is 47.5 Å². The Kier molecular flexibility index (Phi) is 3.14. The minimum absolute atomic E-state index is 0.0964. The van der Waals surface area contributed by atoms with Gasteiger partial charge in [-0.05, 0) is 31.2 Å². The van der Waals surface area contributed by atoms with Crippen molar-refractivity contribution in [1.29, 1.82) is 0 Å². The third-order valence-corrected chi connectivity index (χ3v) is 2.72. The fraction of sp³-hybridized carbons (Fsp3) is 0.231. The van der Waals surface area contributed by atoms with Gasteiger partial charge in [0.25, 0.3) is 5.91 Å². The van der Waals surface area contributed by atoms with Crippen LogP contribution in [0.15, 0.2) is 30.5 Å². The summed E-state index contributed by atoms with van der Waals surface area (Å²) in [6.45, 7) is 1.81. The van der Waals surface area contributed by atoms with Crippen LogP contribution in [0.5, 0.6) is 0 Å². The molecule has 94 valence electrons. The predicted octanol–water partition coefficient (Wildman–Crippen LogP) is 2.02. The van der Waals surface area contributed by atoms with Crippen LogP contribution in [-0.4, -0.2) is 34.7 Å². The average Bonchev–Trinajstić information content (AvgIpc) is 2.71. The smallest absolute Gasteiger partial charge is 0.256 e. The van der Waals surface area contributed by atoms with E-state index < -0.39 is 0 Å². The zero-order valence-corrected chi connectivity index (χ0v) is 10.5. The summed E-state index contributed by atoms with van der Waals surface area (Å²) in [7, 11) is 3.38. The van der Waals surface area contributed by atoms with E-state index in [0.717, 1.165) is 11.4 Å². The maximum absolute atomic E-state index is 12.9. The summed E-state index contributed by atoms with van der Waals surface area (Å²) >= 11 is 0. The molecule has 0 atom stereocenters. The number of rotatable bonds is 2. The fourth-order valence-electron chi connectivity index (χ4n) is 1.70. The Morgan fingerprint density at radius 1 is 1.28 bits per heavy atom. The van der Waals surface area contributed by atoms with E-state index in [4.69, 9.17) is 0 Å². The Morgan fingerprint density at radius 2 is 1.89 bits per heavy atom. The summed E-state index contributed by atoms with van der Waals surface area (Å²) in [5, 5.41) is 4.17. The second-order valence-corrected chi connectivity index (χ2v) is 4.23. The average molecular weight is 247 g/mol. The summed E-state index contributed by atoms with van der Waals surface area (Å²) in [4.78, 5) is 13.4. The van der Waals surface area contributed by atoms with E-state index in [1.807, 2.05) is 6.92 Å². The Labute approximate surface area is 105 Å². The molecule has 0 N–H and O–H groups in total. The number of hydrogen-bond acceptors (Lipinski definition) is 2. The van der Waals surface area contributed by atoms with Gasteiger partial charge in [0.15, 0.2) is 0 Å². The van der Waals surface area contributed by atoms with Gasteiger partial charge in [0.05, 0.1) is 23.1 Å². The van der Waals surface area contributed by atoms with Gasteiger partial charge in [-0.25, -0.2) is 9.07 Å². The molecule has 0 saturated carbocycles. The first-order valence-corrected chi connectivity index (χ1v) is 5.53. The molecule has 1 amide bonds. The second-order valence-electron chi connectivity index (χ2n) is 4.23. The van der Waals surface area contributed by atoms with Gasteiger partial charge < -0.3 is 4.90 Å². The molecule has 4 nitrogen and oxygen atoms in total. The Balaban J connectivity index is 2.42. The van der Waals surface area contributed by atoms with Crippen molar-refractivity contribution in [1.82, 2.24) is 14.7 Å². The van der Waals surface area contributed by atoms with E-state index in [2.05, 4.69) is 5.10 Å². The minimum Gasteiger partial charge on any atom is -0.345 e. The minimum atomic E-state index is -0.298. The van der Waals surface area contributed by atoms with E-state index >= 15 is 0 Å². The van der Waals surface area contributed by atoms with E-state index in [-0.39, 0.29) is 11.7 Å². The maximum Gasteiger partial charge on any atom is 0.256 e. The highest BCUT2D eigenvalue weighted by Crippen LogP contribution is 2.15. The van der Waals surface area contributed by atoms with Crippen molar-refractivity contribution in [2.24, 2.45) is 0 Å². The molecule has 2 rings (SSSR count). The van der Waals surface area contributed by atoms with Crippen LogP contribution >= 0.6 is 0 Å². The zero-order valence-electron chi connectivity index (χ0n) is 10.5. The van der Waals surface area contributed by atoms with Crippen molar-refractivity contribution in [3.8, 4) is 5.69 Å². The topological polar surface area (TPSA) is 38.1 Å². The maximum atomic E-state index is 12.9. The molecule has 5 heteroatoms. The van der Waals surface area contributed by atoms with Crippen LogP contribution in [-0.2, 0) is 0 Å². The van der Waals surface area contributed by atoms with Gasteiger partial charge in [-0.1, -0.05) is 0 Å². The Bertz CT molecular complexity index is 572. The van der Waals surface area contributed by atoms with Gasteiger partial charge in [0.2, 0.25) is 0 Å². The summed E-state index contributed by atoms with van der Waals surface area (Å²) in [5.74, 6) is -0.394. The van der Waals surface area contributed by atoms with Gasteiger partial charge in [-0.2, -0.15) is 5.10 Å². The number of halogens is 1. The molecule has 0 fully saturated rings. The third-order valence-electron chi connectivity index (χ3n) is 2.72. The molecule has 0 unspecified atom stereocenters. The van der Waals surface area contributed by atoms with Gasteiger partial charge in [0, 0.05) is 14.1 Å². The highest BCUT2D eigenvalue weighted by Gasteiger charge is 2.16. The van der Waals surface area contributed by atoms with Crippen LogP contribution in [0.25, 0.3) is 5.69 Å². The number of carbonyl (C=O) groups is 1. The molecule has 1 aromatic heterocycles. The zero-order chi connectivity index (χ0) is 13.3. The number of hydrogen-bond donors (Lipinski definition) is 0. The third kappa shape index (κ3) is 2.11. The van der Waals surface area contributed by atoms with Gasteiger partial charge >= 0.3 is 0 Å². The fourth-order valence-corrected chi connectivity index (χ4v) is 1.70. The summed E-state index contributed by atoms with van der Waals surface area (Å²) in [6.07, 6.45) is 1.53. The molecule has 0 bridgehead atoms. The second kappa shape index (κ2) is 4.60. The lowest BCUT2D eigenvalue weighted by Gasteiger charge is -2.10. The van der Waals surface area contributed by atoms with Crippen molar-refractivity contribution in [3.63, 3.8) is 0 Å². The van der Waals surface area contributed by atoms with Gasteiger partial charge in [-0.15, -0.1) is 0 Å². The molecule has 0 spiro atoms. The van der Waals surface area contributed by atoms with Crippen LogP contribution < -0.4 is 0 Å². The van der Waals surface area contributed by atoms with Gasteiger partial charge in [0.1, 0.15) is 5.82 Å². The number of carbonyl (C=O) groups excluding carboxylic acids is 1. The molecule has 0 radical (unpaired) electrons. The lowest BCUT2D eigenvalue weighted by atomic mass is 10.2. The van der Waals surface area contributed by atoms with Crippen LogP contribution in [0.3, 0.4) is 0 Å². The summed E-state index contributed by atoms with van der Waals surface area (Å²) in [5.41, 5.74) is 2.01. The van der Waals surface area contributed by atoms with Gasteiger partial charge in [-0.3, -0.25) is 4.79 Å². The molecule has 0 saturated heterocycles. The van der Waals surface area contributed by atoms with Crippen molar-refractivity contribution in [2.45, 2.75) is 6.92 Å².